The standard InChI is InChI=1S/C10H19N5/c1-8-3-2-4-10(5-8,7-11)6-9-12-14-15-13-9/h8H,2-7,11H2,1H3,(H,12,13,14,15)/t8-,10-/m0/s1. The van der Waals surface area contributed by atoms with Crippen molar-refractivity contribution in [1.82, 2.24) is 20.6 Å². The second-order valence-corrected chi connectivity index (χ2v) is 4.93. The number of rotatable bonds is 3. The molecule has 0 amide bonds. The van der Waals surface area contributed by atoms with Gasteiger partial charge in [-0.05, 0) is 41.1 Å². The number of nitrogens with one attached hydrogen (secondary N) is 1. The van der Waals surface area contributed by atoms with E-state index in [9.17, 15) is 0 Å². The normalized spacial score (nSPS) is 31.7. The number of hydrogen-bond donors (Lipinski definition) is 2. The molecule has 1 fully saturated rings. The van der Waals surface area contributed by atoms with E-state index in [0.29, 0.717) is 0 Å². The van der Waals surface area contributed by atoms with E-state index < -0.39 is 0 Å². The highest BCUT2D eigenvalue weighted by atomic mass is 15.5. The number of aromatic amines is 1. The summed E-state index contributed by atoms with van der Waals surface area (Å²) in [5.41, 5.74) is 6.16. The van der Waals surface area contributed by atoms with Crippen molar-refractivity contribution in [3.05, 3.63) is 5.82 Å². The molecule has 3 N–H and O–H groups in total. The maximum atomic E-state index is 5.93. The van der Waals surface area contributed by atoms with Gasteiger partial charge >= 0.3 is 0 Å². The first kappa shape index (κ1) is 10.5. The van der Waals surface area contributed by atoms with Gasteiger partial charge in [-0.25, -0.2) is 5.10 Å². The zero-order valence-corrected chi connectivity index (χ0v) is 9.24. The molecule has 5 heteroatoms. The predicted molar refractivity (Wildman–Crippen MR) is 57.0 cm³/mol. The van der Waals surface area contributed by atoms with Crippen LogP contribution in [0.15, 0.2) is 0 Å². The average molecular weight is 209 g/mol. The van der Waals surface area contributed by atoms with Gasteiger partial charge in [-0.2, -0.15) is 0 Å². The molecule has 0 radical (unpaired) electrons. The van der Waals surface area contributed by atoms with Gasteiger partial charge in [0.25, 0.3) is 0 Å². The monoisotopic (exact) mass is 209 g/mol. The van der Waals surface area contributed by atoms with Crippen molar-refractivity contribution in [2.24, 2.45) is 17.1 Å². The molecular formula is C10H19N5. The van der Waals surface area contributed by atoms with Gasteiger partial charge in [0.1, 0.15) is 5.82 Å². The van der Waals surface area contributed by atoms with Gasteiger partial charge in [0.05, 0.1) is 0 Å². The van der Waals surface area contributed by atoms with E-state index in [2.05, 4.69) is 27.5 Å². The van der Waals surface area contributed by atoms with Crippen molar-refractivity contribution >= 4 is 0 Å². The van der Waals surface area contributed by atoms with Crippen LogP contribution in [0.5, 0.6) is 0 Å². The minimum atomic E-state index is 0.221. The Bertz CT molecular complexity index is 297. The molecule has 15 heavy (non-hydrogen) atoms. The number of tetrazole rings is 1. The van der Waals surface area contributed by atoms with Gasteiger partial charge in [0.2, 0.25) is 0 Å². The molecule has 0 aromatic carbocycles. The number of aromatic nitrogens is 4. The second-order valence-electron chi connectivity index (χ2n) is 4.93. The third-order valence-electron chi connectivity index (χ3n) is 3.55. The quantitative estimate of drug-likeness (QED) is 0.775. The first-order chi connectivity index (χ1) is 7.24. The molecule has 1 aromatic heterocycles. The molecular weight excluding hydrogens is 190 g/mol. The van der Waals surface area contributed by atoms with E-state index in [1.807, 2.05) is 0 Å². The Kier molecular flexibility index (Phi) is 3.00. The van der Waals surface area contributed by atoms with E-state index >= 15 is 0 Å². The van der Waals surface area contributed by atoms with Crippen LogP contribution in [-0.2, 0) is 6.42 Å². The van der Waals surface area contributed by atoms with E-state index in [0.717, 1.165) is 24.7 Å². The summed E-state index contributed by atoms with van der Waals surface area (Å²) >= 11 is 0. The summed E-state index contributed by atoms with van der Waals surface area (Å²) in [6, 6.07) is 0. The minimum Gasteiger partial charge on any atom is -0.330 e. The molecule has 0 aliphatic heterocycles. The molecule has 0 unspecified atom stereocenters. The molecule has 84 valence electrons. The second kappa shape index (κ2) is 4.26. The molecule has 1 saturated carbocycles. The number of H-pyrrole nitrogens is 1. The molecule has 2 rings (SSSR count). The molecule has 5 nitrogen and oxygen atoms in total. The topological polar surface area (TPSA) is 80.5 Å². The fourth-order valence-electron chi connectivity index (χ4n) is 2.80. The van der Waals surface area contributed by atoms with Crippen LogP contribution < -0.4 is 5.73 Å². The van der Waals surface area contributed by atoms with Crippen LogP contribution in [0.3, 0.4) is 0 Å². The number of hydrogen-bond acceptors (Lipinski definition) is 4. The van der Waals surface area contributed by atoms with Crippen molar-refractivity contribution in [3.63, 3.8) is 0 Å². The van der Waals surface area contributed by atoms with Gasteiger partial charge in [-0.3, -0.25) is 0 Å². The molecule has 1 aromatic rings. The zero-order valence-electron chi connectivity index (χ0n) is 9.24. The van der Waals surface area contributed by atoms with Crippen LogP contribution in [0, 0.1) is 11.3 Å². The fourth-order valence-corrected chi connectivity index (χ4v) is 2.80. The van der Waals surface area contributed by atoms with Gasteiger partial charge < -0.3 is 5.73 Å². The van der Waals surface area contributed by atoms with Crippen molar-refractivity contribution in [3.8, 4) is 0 Å². The molecule has 0 bridgehead atoms. The zero-order chi connectivity index (χ0) is 10.7. The summed E-state index contributed by atoms with van der Waals surface area (Å²) in [6.45, 7) is 3.04. The minimum absolute atomic E-state index is 0.221. The van der Waals surface area contributed by atoms with Gasteiger partial charge in [0, 0.05) is 6.42 Å². The van der Waals surface area contributed by atoms with E-state index in [-0.39, 0.29) is 5.41 Å². The third kappa shape index (κ3) is 2.34. The molecule has 0 spiro atoms. The van der Waals surface area contributed by atoms with Gasteiger partial charge in [-0.15, -0.1) is 5.10 Å². The summed E-state index contributed by atoms with van der Waals surface area (Å²) < 4.78 is 0. The highest BCUT2D eigenvalue weighted by Gasteiger charge is 2.34. The average Bonchev–Trinajstić information content (AvgIpc) is 2.70. The summed E-state index contributed by atoms with van der Waals surface area (Å²) in [5, 5.41) is 14.0. The molecule has 1 aliphatic carbocycles. The summed E-state index contributed by atoms with van der Waals surface area (Å²) in [4.78, 5) is 0. The Morgan fingerprint density at radius 3 is 3.07 bits per heavy atom. The highest BCUT2D eigenvalue weighted by Crippen LogP contribution is 2.40. The van der Waals surface area contributed by atoms with Crippen LogP contribution in [-0.4, -0.2) is 27.2 Å². The fraction of sp³-hybridized carbons (Fsp3) is 0.900. The Labute approximate surface area is 89.8 Å². The summed E-state index contributed by atoms with van der Waals surface area (Å²) in [7, 11) is 0. The first-order valence-electron chi connectivity index (χ1n) is 5.67. The number of nitrogens with zero attached hydrogens (tertiary/aromatic N) is 3. The van der Waals surface area contributed by atoms with Gasteiger partial charge in [0.15, 0.2) is 0 Å². The lowest BCUT2D eigenvalue weighted by Gasteiger charge is -2.38. The summed E-state index contributed by atoms with van der Waals surface area (Å²) in [5.74, 6) is 1.65. The van der Waals surface area contributed by atoms with E-state index in [1.165, 1.54) is 25.7 Å². The molecule has 0 saturated heterocycles. The van der Waals surface area contributed by atoms with Crippen LogP contribution in [0.1, 0.15) is 38.4 Å². The van der Waals surface area contributed by atoms with Crippen molar-refractivity contribution in [2.45, 2.75) is 39.0 Å². The Hall–Kier alpha value is -0.970. The van der Waals surface area contributed by atoms with Crippen LogP contribution in [0.25, 0.3) is 0 Å². The van der Waals surface area contributed by atoms with Crippen LogP contribution in [0.2, 0.25) is 0 Å². The number of nitrogens with two attached hydrogens (primary N) is 1. The first-order valence-corrected chi connectivity index (χ1v) is 5.67. The summed E-state index contributed by atoms with van der Waals surface area (Å²) in [6.07, 6.45) is 5.90. The van der Waals surface area contributed by atoms with Crippen molar-refractivity contribution in [2.75, 3.05) is 6.54 Å². The SMILES string of the molecule is C[C@H]1CCC[C@@](CN)(Cc2nnn[nH]2)C1. The Balaban J connectivity index is 2.07. The lowest BCUT2D eigenvalue weighted by Crippen LogP contribution is -2.37. The molecule has 2 atom stereocenters. The maximum Gasteiger partial charge on any atom is 0.149 e. The van der Waals surface area contributed by atoms with Crippen molar-refractivity contribution < 1.29 is 0 Å². The lowest BCUT2D eigenvalue weighted by molar-refractivity contribution is 0.151. The van der Waals surface area contributed by atoms with Gasteiger partial charge in [-0.1, -0.05) is 19.8 Å². The lowest BCUT2D eigenvalue weighted by atomic mass is 9.68. The van der Waals surface area contributed by atoms with E-state index in [4.69, 9.17) is 5.73 Å². The molecule has 1 aliphatic rings. The Morgan fingerprint density at radius 2 is 2.47 bits per heavy atom. The van der Waals surface area contributed by atoms with E-state index in [1.54, 1.807) is 0 Å². The largest absolute Gasteiger partial charge is 0.330 e. The van der Waals surface area contributed by atoms with Crippen molar-refractivity contribution in [1.29, 1.82) is 0 Å². The highest BCUT2D eigenvalue weighted by molar-refractivity contribution is 4.94. The third-order valence-corrected chi connectivity index (χ3v) is 3.55. The Morgan fingerprint density at radius 1 is 1.60 bits per heavy atom. The van der Waals surface area contributed by atoms with Crippen LogP contribution >= 0.6 is 0 Å². The molecule has 1 heterocycles. The van der Waals surface area contributed by atoms with Crippen LogP contribution in [0.4, 0.5) is 0 Å². The smallest absolute Gasteiger partial charge is 0.149 e. The maximum absolute atomic E-state index is 5.93. The predicted octanol–water partition coefficient (Wildman–Crippen LogP) is 0.897.